The van der Waals surface area contributed by atoms with Gasteiger partial charge in [0.25, 0.3) is 5.91 Å². The minimum Gasteiger partial charge on any atom is -0.493 e. The van der Waals surface area contributed by atoms with Crippen molar-refractivity contribution < 1.29 is 23.9 Å². The van der Waals surface area contributed by atoms with Crippen molar-refractivity contribution >= 4 is 17.8 Å². The van der Waals surface area contributed by atoms with Crippen molar-refractivity contribution in [2.24, 2.45) is 5.92 Å². The lowest BCUT2D eigenvalue weighted by Gasteiger charge is -2.44. The number of benzene rings is 1. The van der Waals surface area contributed by atoms with Crippen LogP contribution in [-0.2, 0) is 16.0 Å². The number of hydrogen-bond acceptors (Lipinski definition) is 6. The summed E-state index contributed by atoms with van der Waals surface area (Å²) in [6.07, 6.45) is 7.17. The Morgan fingerprint density at radius 3 is 2.69 bits per heavy atom. The third kappa shape index (κ3) is 6.07. The van der Waals surface area contributed by atoms with Crippen LogP contribution in [0.2, 0.25) is 0 Å². The van der Waals surface area contributed by atoms with Gasteiger partial charge in [0.1, 0.15) is 6.04 Å². The highest BCUT2D eigenvalue weighted by Gasteiger charge is 2.38. The number of carbonyl (C=O) groups is 3. The van der Waals surface area contributed by atoms with Gasteiger partial charge in [0.2, 0.25) is 5.91 Å². The first-order valence-corrected chi connectivity index (χ1v) is 12.8. The van der Waals surface area contributed by atoms with Crippen LogP contribution in [0.25, 0.3) is 0 Å². The molecule has 3 aliphatic heterocycles. The highest BCUT2D eigenvalue weighted by Crippen LogP contribution is 2.30. The molecule has 0 aliphatic carbocycles. The first kappa shape index (κ1) is 25.3. The number of imide groups is 1. The number of ether oxygens (including phenoxy) is 2. The van der Waals surface area contributed by atoms with E-state index in [0.717, 1.165) is 12.0 Å². The van der Waals surface area contributed by atoms with Gasteiger partial charge >= 0.3 is 6.03 Å². The van der Waals surface area contributed by atoms with Gasteiger partial charge < -0.3 is 25.0 Å². The van der Waals surface area contributed by atoms with Gasteiger partial charge in [-0.15, -0.1) is 0 Å². The van der Waals surface area contributed by atoms with Crippen LogP contribution < -0.4 is 20.1 Å². The SMILES string of the molecule is COc1ccc(CCN2C(=O)NC(CCC(=O)NCC3CCCN4CCCCC34)C2=O)cc1OC. The maximum absolute atomic E-state index is 12.8. The number of urea groups is 1. The number of piperidine rings is 2. The molecule has 4 rings (SSSR count). The van der Waals surface area contributed by atoms with Crippen LogP contribution in [0, 0.1) is 5.92 Å². The van der Waals surface area contributed by atoms with Crippen molar-refractivity contribution in [3.63, 3.8) is 0 Å². The summed E-state index contributed by atoms with van der Waals surface area (Å²) in [5, 5.41) is 5.82. The van der Waals surface area contributed by atoms with Crippen molar-refractivity contribution in [3.05, 3.63) is 23.8 Å². The van der Waals surface area contributed by atoms with Crippen LogP contribution in [0.3, 0.4) is 0 Å². The molecule has 9 nitrogen and oxygen atoms in total. The minimum absolute atomic E-state index is 0.0521. The molecule has 3 fully saturated rings. The van der Waals surface area contributed by atoms with E-state index in [-0.39, 0.29) is 24.8 Å². The fourth-order valence-corrected chi connectivity index (χ4v) is 5.69. The highest BCUT2D eigenvalue weighted by molar-refractivity contribution is 6.04. The molecule has 3 aliphatic rings. The Kier molecular flexibility index (Phi) is 8.49. The molecule has 3 heterocycles. The normalized spacial score (nSPS) is 24.6. The Hall–Kier alpha value is -2.81. The molecule has 0 bridgehead atoms. The van der Waals surface area contributed by atoms with E-state index >= 15 is 0 Å². The Morgan fingerprint density at radius 2 is 1.89 bits per heavy atom. The summed E-state index contributed by atoms with van der Waals surface area (Å²) in [6.45, 7) is 3.33. The standard InChI is InChI=1S/C26H38N4O5/c1-34-22-10-8-18(16-23(22)35-2)12-15-30-25(32)20(28-26(30)33)9-11-24(31)27-17-19-6-5-14-29-13-4-3-7-21(19)29/h8,10,16,19-21H,3-7,9,11-15,17H2,1-2H3,(H,27,31)(H,28,33). The summed E-state index contributed by atoms with van der Waals surface area (Å²) in [4.78, 5) is 41.5. The van der Waals surface area contributed by atoms with E-state index in [1.165, 1.54) is 43.7 Å². The Labute approximate surface area is 207 Å². The second-order valence-corrected chi connectivity index (χ2v) is 9.78. The molecule has 1 aromatic rings. The van der Waals surface area contributed by atoms with Gasteiger partial charge in [-0.3, -0.25) is 14.5 Å². The second kappa shape index (κ2) is 11.7. The third-order valence-corrected chi connectivity index (χ3v) is 7.63. The van der Waals surface area contributed by atoms with Crippen LogP contribution >= 0.6 is 0 Å². The predicted octanol–water partition coefficient (Wildman–Crippen LogP) is 2.33. The van der Waals surface area contributed by atoms with Crippen molar-refractivity contribution in [2.75, 3.05) is 40.4 Å². The van der Waals surface area contributed by atoms with Crippen LogP contribution in [0.15, 0.2) is 18.2 Å². The molecule has 0 radical (unpaired) electrons. The quantitative estimate of drug-likeness (QED) is 0.493. The number of rotatable bonds is 10. The zero-order valence-corrected chi connectivity index (χ0v) is 20.9. The maximum Gasteiger partial charge on any atom is 0.324 e. The van der Waals surface area contributed by atoms with E-state index in [0.29, 0.717) is 42.8 Å². The molecule has 35 heavy (non-hydrogen) atoms. The highest BCUT2D eigenvalue weighted by atomic mass is 16.5. The van der Waals surface area contributed by atoms with E-state index in [9.17, 15) is 14.4 Å². The van der Waals surface area contributed by atoms with Crippen molar-refractivity contribution in [2.45, 2.75) is 63.5 Å². The maximum atomic E-state index is 12.8. The van der Waals surface area contributed by atoms with E-state index in [1.807, 2.05) is 12.1 Å². The molecule has 0 saturated carbocycles. The summed E-state index contributed by atoms with van der Waals surface area (Å²) in [5.74, 6) is 1.42. The molecule has 192 valence electrons. The van der Waals surface area contributed by atoms with Gasteiger partial charge in [0.05, 0.1) is 14.2 Å². The fraction of sp³-hybridized carbons (Fsp3) is 0.654. The van der Waals surface area contributed by atoms with E-state index < -0.39 is 12.1 Å². The van der Waals surface area contributed by atoms with Gasteiger partial charge in [-0.2, -0.15) is 0 Å². The zero-order chi connectivity index (χ0) is 24.8. The third-order valence-electron chi connectivity index (χ3n) is 7.63. The number of carbonyl (C=O) groups excluding carboxylic acids is 3. The molecular weight excluding hydrogens is 448 g/mol. The number of hydrogen-bond donors (Lipinski definition) is 2. The molecule has 3 atom stereocenters. The lowest BCUT2D eigenvalue weighted by Crippen LogP contribution is -2.51. The number of nitrogens with zero attached hydrogens (tertiary/aromatic N) is 2. The molecule has 0 aromatic heterocycles. The summed E-state index contributed by atoms with van der Waals surface area (Å²) >= 11 is 0. The molecule has 9 heteroatoms. The Morgan fingerprint density at radius 1 is 1.09 bits per heavy atom. The van der Waals surface area contributed by atoms with E-state index in [1.54, 1.807) is 20.3 Å². The summed E-state index contributed by atoms with van der Waals surface area (Å²) in [5.41, 5.74) is 0.935. The van der Waals surface area contributed by atoms with E-state index in [2.05, 4.69) is 15.5 Å². The predicted molar refractivity (Wildman–Crippen MR) is 131 cm³/mol. The first-order valence-electron chi connectivity index (χ1n) is 12.8. The minimum atomic E-state index is -0.651. The van der Waals surface area contributed by atoms with Gasteiger partial charge in [-0.1, -0.05) is 12.5 Å². The molecule has 0 spiro atoms. The van der Waals surface area contributed by atoms with Crippen molar-refractivity contribution in [1.29, 1.82) is 0 Å². The summed E-state index contributed by atoms with van der Waals surface area (Å²) in [6, 6.07) is 5.08. The van der Waals surface area contributed by atoms with Gasteiger partial charge in [-0.25, -0.2) is 4.79 Å². The zero-order valence-electron chi connectivity index (χ0n) is 20.9. The van der Waals surface area contributed by atoms with Gasteiger partial charge in [-0.05, 0) is 75.2 Å². The lowest BCUT2D eigenvalue weighted by molar-refractivity contribution is -0.127. The second-order valence-electron chi connectivity index (χ2n) is 9.78. The van der Waals surface area contributed by atoms with Crippen LogP contribution in [-0.4, -0.2) is 80.1 Å². The average Bonchev–Trinajstić information content (AvgIpc) is 3.16. The molecule has 1 aromatic carbocycles. The summed E-state index contributed by atoms with van der Waals surface area (Å²) in [7, 11) is 3.14. The van der Waals surface area contributed by atoms with Crippen LogP contribution in [0.5, 0.6) is 11.5 Å². The topological polar surface area (TPSA) is 100 Å². The molecular formula is C26H38N4O5. The average molecular weight is 487 g/mol. The van der Waals surface area contributed by atoms with Crippen LogP contribution in [0.4, 0.5) is 4.79 Å². The smallest absolute Gasteiger partial charge is 0.324 e. The van der Waals surface area contributed by atoms with Crippen molar-refractivity contribution in [1.82, 2.24) is 20.4 Å². The largest absolute Gasteiger partial charge is 0.493 e. The van der Waals surface area contributed by atoms with Gasteiger partial charge in [0.15, 0.2) is 11.5 Å². The van der Waals surface area contributed by atoms with Gasteiger partial charge in [0, 0.05) is 25.6 Å². The fourth-order valence-electron chi connectivity index (χ4n) is 5.69. The van der Waals surface area contributed by atoms with Crippen molar-refractivity contribution in [3.8, 4) is 11.5 Å². The van der Waals surface area contributed by atoms with Crippen LogP contribution in [0.1, 0.15) is 50.5 Å². The summed E-state index contributed by atoms with van der Waals surface area (Å²) < 4.78 is 10.6. The monoisotopic (exact) mass is 486 g/mol. The molecule has 3 saturated heterocycles. The van der Waals surface area contributed by atoms with E-state index in [4.69, 9.17) is 9.47 Å². The number of fused-ring (bicyclic) bond motifs is 1. The first-order chi connectivity index (χ1) is 17.0. The number of nitrogens with one attached hydrogen (secondary N) is 2. The Bertz CT molecular complexity index is 921. The molecule has 2 N–H and O–H groups in total. The molecule has 3 unspecified atom stereocenters. The number of amides is 4. The molecule has 4 amide bonds. The Balaban J connectivity index is 1.21. The number of methoxy groups -OCH3 is 2. The lowest BCUT2D eigenvalue weighted by atomic mass is 9.83.